The van der Waals surface area contributed by atoms with Gasteiger partial charge in [-0.1, -0.05) is 37.1 Å². The third-order valence-corrected chi connectivity index (χ3v) is 5.72. The van der Waals surface area contributed by atoms with E-state index < -0.39 is 5.69 Å². The second-order valence-corrected chi connectivity index (χ2v) is 7.35. The van der Waals surface area contributed by atoms with Crippen LogP contribution in [0.3, 0.4) is 0 Å². The Labute approximate surface area is 160 Å². The van der Waals surface area contributed by atoms with Crippen LogP contribution in [0.25, 0.3) is 11.2 Å². The van der Waals surface area contributed by atoms with E-state index in [0.29, 0.717) is 35.0 Å². The zero-order chi connectivity index (χ0) is 18.7. The van der Waals surface area contributed by atoms with Gasteiger partial charge < -0.3 is 4.57 Å². The van der Waals surface area contributed by atoms with Gasteiger partial charge in [-0.2, -0.15) is 0 Å². The van der Waals surface area contributed by atoms with Gasteiger partial charge in [0.2, 0.25) is 0 Å². The summed E-state index contributed by atoms with van der Waals surface area (Å²) in [4.78, 5) is 32.6. The number of imidazole rings is 1. The van der Waals surface area contributed by atoms with Gasteiger partial charge in [-0.25, -0.2) is 9.78 Å². The maximum atomic E-state index is 12.4. The fraction of sp³-hybridized carbons (Fsp3) is 0.389. The highest BCUT2D eigenvalue weighted by Crippen LogP contribution is 2.29. The molecular weight excluding hydrogens is 372 g/mol. The fourth-order valence-electron chi connectivity index (χ4n) is 2.90. The van der Waals surface area contributed by atoms with Crippen LogP contribution in [0, 0.1) is 0 Å². The van der Waals surface area contributed by atoms with Crippen molar-refractivity contribution in [3.8, 4) is 0 Å². The molecule has 138 valence electrons. The Hall–Kier alpha value is -1.99. The number of nitrogens with one attached hydrogen (secondary N) is 1. The number of halogens is 1. The van der Waals surface area contributed by atoms with Crippen molar-refractivity contribution in [3.63, 3.8) is 0 Å². The lowest BCUT2D eigenvalue weighted by molar-refractivity contribution is 0.613. The predicted molar refractivity (Wildman–Crippen MR) is 106 cm³/mol. The van der Waals surface area contributed by atoms with Crippen LogP contribution in [0.5, 0.6) is 0 Å². The SMILES string of the molecule is CCCCn1c(=O)[nH]c(=O)c2c1nc(CSc1ccccc1Cl)n2CC. The Bertz CT molecular complexity index is 1040. The molecular formula is C18H21ClN4O2S. The summed E-state index contributed by atoms with van der Waals surface area (Å²) in [6, 6.07) is 7.62. The number of unbranched alkanes of at least 4 members (excludes halogenated alkanes) is 1. The number of rotatable bonds is 7. The Balaban J connectivity index is 2.05. The Morgan fingerprint density at radius 2 is 1.96 bits per heavy atom. The minimum Gasteiger partial charge on any atom is -0.322 e. The topological polar surface area (TPSA) is 72.7 Å². The minimum atomic E-state index is -0.401. The van der Waals surface area contributed by atoms with E-state index >= 15 is 0 Å². The molecule has 0 bridgehead atoms. The standard InChI is InChI=1S/C18H21ClN4O2S/c1-3-5-10-23-16-15(17(24)21-18(23)25)22(4-2)14(20-16)11-26-13-9-7-6-8-12(13)19/h6-9H,3-5,10-11H2,1-2H3,(H,21,24,25). The van der Waals surface area contributed by atoms with Crippen LogP contribution in [0.15, 0.2) is 38.8 Å². The number of aromatic amines is 1. The van der Waals surface area contributed by atoms with Crippen LogP contribution in [0.1, 0.15) is 32.5 Å². The zero-order valence-electron chi connectivity index (χ0n) is 14.8. The second kappa shape index (κ2) is 8.14. The second-order valence-electron chi connectivity index (χ2n) is 5.93. The van der Waals surface area contributed by atoms with Gasteiger partial charge in [0.15, 0.2) is 11.2 Å². The number of nitrogens with zero attached hydrogens (tertiary/aromatic N) is 3. The highest BCUT2D eigenvalue weighted by molar-refractivity contribution is 7.98. The molecule has 0 spiro atoms. The van der Waals surface area contributed by atoms with Gasteiger partial charge in [-0.15, -0.1) is 11.8 Å². The van der Waals surface area contributed by atoms with Crippen molar-refractivity contribution in [2.75, 3.05) is 0 Å². The first-order valence-electron chi connectivity index (χ1n) is 8.66. The molecule has 26 heavy (non-hydrogen) atoms. The molecule has 2 aromatic heterocycles. The maximum Gasteiger partial charge on any atom is 0.330 e. The fourth-order valence-corrected chi connectivity index (χ4v) is 4.08. The van der Waals surface area contributed by atoms with Crippen LogP contribution in [-0.2, 0) is 18.8 Å². The quantitative estimate of drug-likeness (QED) is 0.623. The first-order valence-corrected chi connectivity index (χ1v) is 10.0. The molecule has 0 unspecified atom stereocenters. The number of hydrogen-bond acceptors (Lipinski definition) is 4. The van der Waals surface area contributed by atoms with Crippen molar-refractivity contribution in [2.24, 2.45) is 0 Å². The van der Waals surface area contributed by atoms with E-state index in [0.717, 1.165) is 23.6 Å². The first-order chi connectivity index (χ1) is 12.6. The van der Waals surface area contributed by atoms with Gasteiger partial charge in [-0.3, -0.25) is 14.3 Å². The zero-order valence-corrected chi connectivity index (χ0v) is 16.4. The number of hydrogen-bond donors (Lipinski definition) is 1. The molecule has 0 aliphatic rings. The van der Waals surface area contributed by atoms with Crippen molar-refractivity contribution in [1.29, 1.82) is 0 Å². The molecule has 1 aromatic carbocycles. The van der Waals surface area contributed by atoms with Crippen molar-refractivity contribution in [1.82, 2.24) is 19.1 Å². The van der Waals surface area contributed by atoms with Crippen molar-refractivity contribution >= 4 is 34.5 Å². The summed E-state index contributed by atoms with van der Waals surface area (Å²) >= 11 is 7.79. The van der Waals surface area contributed by atoms with E-state index in [-0.39, 0.29) is 5.56 Å². The van der Waals surface area contributed by atoms with Gasteiger partial charge in [-0.05, 0) is 25.5 Å². The number of aromatic nitrogens is 4. The van der Waals surface area contributed by atoms with Crippen molar-refractivity contribution in [3.05, 3.63) is 56.0 Å². The summed E-state index contributed by atoms with van der Waals surface area (Å²) in [6.07, 6.45) is 1.81. The van der Waals surface area contributed by atoms with Crippen molar-refractivity contribution in [2.45, 2.75) is 50.4 Å². The number of thioether (sulfide) groups is 1. The average molecular weight is 393 g/mol. The molecule has 6 nitrogen and oxygen atoms in total. The van der Waals surface area contributed by atoms with E-state index in [1.807, 2.05) is 35.8 Å². The summed E-state index contributed by atoms with van der Waals surface area (Å²) in [5, 5.41) is 0.689. The van der Waals surface area contributed by atoms with Crippen LogP contribution in [0.4, 0.5) is 0 Å². The van der Waals surface area contributed by atoms with E-state index in [4.69, 9.17) is 11.6 Å². The highest BCUT2D eigenvalue weighted by Gasteiger charge is 2.18. The number of benzene rings is 1. The molecule has 0 amide bonds. The van der Waals surface area contributed by atoms with Gasteiger partial charge in [0, 0.05) is 18.0 Å². The Morgan fingerprint density at radius 3 is 2.65 bits per heavy atom. The molecule has 0 fully saturated rings. The Kier molecular flexibility index (Phi) is 5.88. The molecule has 0 radical (unpaired) electrons. The molecule has 0 atom stereocenters. The number of aryl methyl sites for hydroxylation is 2. The van der Waals surface area contributed by atoms with Gasteiger partial charge >= 0.3 is 5.69 Å². The predicted octanol–water partition coefficient (Wildman–Crippen LogP) is 3.65. The van der Waals surface area contributed by atoms with Crippen LogP contribution < -0.4 is 11.2 Å². The lowest BCUT2D eigenvalue weighted by Crippen LogP contribution is -2.31. The summed E-state index contributed by atoms with van der Waals surface area (Å²) in [5.41, 5.74) is 0.130. The maximum absolute atomic E-state index is 12.4. The van der Waals surface area contributed by atoms with Crippen LogP contribution in [0.2, 0.25) is 5.02 Å². The summed E-state index contributed by atoms with van der Waals surface area (Å²) < 4.78 is 3.44. The molecule has 0 saturated heterocycles. The van der Waals surface area contributed by atoms with Gasteiger partial charge in [0.05, 0.1) is 10.8 Å². The number of fused-ring (bicyclic) bond motifs is 1. The normalized spacial score (nSPS) is 11.3. The van der Waals surface area contributed by atoms with Crippen molar-refractivity contribution < 1.29 is 0 Å². The highest BCUT2D eigenvalue weighted by atomic mass is 35.5. The van der Waals surface area contributed by atoms with Crippen LogP contribution >= 0.6 is 23.4 Å². The molecule has 3 rings (SSSR count). The van der Waals surface area contributed by atoms with Gasteiger partial charge in [0.1, 0.15) is 5.82 Å². The largest absolute Gasteiger partial charge is 0.330 e. The van der Waals surface area contributed by atoms with E-state index in [2.05, 4.69) is 16.9 Å². The molecule has 1 N–H and O–H groups in total. The van der Waals surface area contributed by atoms with E-state index in [9.17, 15) is 9.59 Å². The monoisotopic (exact) mass is 392 g/mol. The molecule has 0 saturated carbocycles. The third kappa shape index (κ3) is 3.59. The molecule has 2 heterocycles. The first kappa shape index (κ1) is 18.8. The third-order valence-electron chi connectivity index (χ3n) is 4.21. The average Bonchev–Trinajstić information content (AvgIpc) is 2.99. The van der Waals surface area contributed by atoms with E-state index in [1.165, 1.54) is 0 Å². The smallest absolute Gasteiger partial charge is 0.322 e. The summed E-state index contributed by atoms with van der Waals surface area (Å²) in [6.45, 7) is 5.17. The molecule has 0 aliphatic carbocycles. The molecule has 0 aliphatic heterocycles. The summed E-state index contributed by atoms with van der Waals surface area (Å²) in [5.74, 6) is 1.32. The molecule has 3 aromatic rings. The van der Waals surface area contributed by atoms with Gasteiger partial charge in [0.25, 0.3) is 5.56 Å². The van der Waals surface area contributed by atoms with Crippen LogP contribution in [-0.4, -0.2) is 19.1 Å². The lowest BCUT2D eigenvalue weighted by atomic mass is 10.3. The van der Waals surface area contributed by atoms with E-state index in [1.54, 1.807) is 16.3 Å². The lowest BCUT2D eigenvalue weighted by Gasteiger charge is -2.07. The number of H-pyrrole nitrogens is 1. The molecule has 8 heteroatoms. The minimum absolute atomic E-state index is 0.388. The Morgan fingerprint density at radius 1 is 1.19 bits per heavy atom. The summed E-state index contributed by atoms with van der Waals surface area (Å²) in [7, 11) is 0.